The van der Waals surface area contributed by atoms with Crippen LogP contribution in [0.3, 0.4) is 0 Å². The Kier molecular flexibility index (Phi) is 4.81. The lowest BCUT2D eigenvalue weighted by molar-refractivity contribution is 0.186. The zero-order valence-corrected chi connectivity index (χ0v) is 11.4. The maximum absolute atomic E-state index is 12.0. The van der Waals surface area contributed by atoms with E-state index in [1.54, 1.807) is 12.1 Å². The summed E-state index contributed by atoms with van der Waals surface area (Å²) in [6.07, 6.45) is 3.35. The second-order valence-corrected chi connectivity index (χ2v) is 4.89. The monoisotopic (exact) mass is 276 g/mol. The minimum Gasteiger partial charge on any atom is -0.409 e. The summed E-state index contributed by atoms with van der Waals surface area (Å²) in [6.45, 7) is 2.09. The van der Waals surface area contributed by atoms with E-state index in [0.29, 0.717) is 12.1 Å². The molecule has 1 saturated heterocycles. The standard InChI is InChI=1S/C14H20N4O2/c15-13(17-20)12-6-4-5-11(9-12)10-16-14(19)18-7-2-1-3-8-18/h4-6,9,20H,1-3,7-8,10H2,(H2,15,17)(H,16,19). The summed E-state index contributed by atoms with van der Waals surface area (Å²) in [5.41, 5.74) is 7.09. The topological polar surface area (TPSA) is 91.0 Å². The van der Waals surface area contributed by atoms with Crippen LogP contribution in [0, 0.1) is 0 Å². The van der Waals surface area contributed by atoms with Gasteiger partial charge in [0.05, 0.1) is 0 Å². The average molecular weight is 276 g/mol. The molecule has 0 radical (unpaired) electrons. The van der Waals surface area contributed by atoms with E-state index in [2.05, 4.69) is 10.5 Å². The molecule has 108 valence electrons. The lowest BCUT2D eigenvalue weighted by Crippen LogP contribution is -2.42. The molecule has 0 spiro atoms. The summed E-state index contributed by atoms with van der Waals surface area (Å²) in [4.78, 5) is 13.8. The van der Waals surface area contributed by atoms with E-state index in [1.165, 1.54) is 6.42 Å². The van der Waals surface area contributed by atoms with E-state index < -0.39 is 0 Å². The van der Waals surface area contributed by atoms with Gasteiger partial charge in [-0.1, -0.05) is 23.4 Å². The van der Waals surface area contributed by atoms with E-state index in [1.807, 2.05) is 17.0 Å². The minimum absolute atomic E-state index is 0.0288. The fraction of sp³-hybridized carbons (Fsp3) is 0.429. The number of carbonyl (C=O) groups is 1. The van der Waals surface area contributed by atoms with E-state index >= 15 is 0 Å². The first-order valence-corrected chi connectivity index (χ1v) is 6.80. The summed E-state index contributed by atoms with van der Waals surface area (Å²) >= 11 is 0. The number of rotatable bonds is 3. The molecule has 20 heavy (non-hydrogen) atoms. The second-order valence-electron chi connectivity index (χ2n) is 4.89. The molecule has 0 aliphatic carbocycles. The van der Waals surface area contributed by atoms with Gasteiger partial charge < -0.3 is 21.2 Å². The van der Waals surface area contributed by atoms with Gasteiger partial charge in [0.2, 0.25) is 0 Å². The molecule has 1 aliphatic heterocycles. The zero-order chi connectivity index (χ0) is 14.4. The van der Waals surface area contributed by atoms with Crippen molar-refractivity contribution in [1.82, 2.24) is 10.2 Å². The van der Waals surface area contributed by atoms with Crippen molar-refractivity contribution < 1.29 is 10.0 Å². The molecular formula is C14H20N4O2. The van der Waals surface area contributed by atoms with Crippen molar-refractivity contribution in [3.63, 3.8) is 0 Å². The van der Waals surface area contributed by atoms with Crippen LogP contribution in [0.4, 0.5) is 4.79 Å². The number of nitrogens with zero attached hydrogens (tertiary/aromatic N) is 2. The van der Waals surface area contributed by atoms with E-state index in [9.17, 15) is 4.79 Å². The number of nitrogens with two attached hydrogens (primary N) is 1. The van der Waals surface area contributed by atoms with Crippen molar-refractivity contribution in [3.05, 3.63) is 35.4 Å². The molecule has 1 aliphatic rings. The van der Waals surface area contributed by atoms with Crippen molar-refractivity contribution in [2.45, 2.75) is 25.8 Å². The SMILES string of the molecule is NC(=NO)c1cccc(CNC(=O)N2CCCCC2)c1. The number of urea groups is 1. The van der Waals surface area contributed by atoms with E-state index in [4.69, 9.17) is 10.9 Å². The molecule has 1 heterocycles. The Bertz CT molecular complexity index is 496. The number of likely N-dealkylation sites (tertiary alicyclic amines) is 1. The highest BCUT2D eigenvalue weighted by atomic mass is 16.4. The first-order valence-electron chi connectivity index (χ1n) is 6.80. The van der Waals surface area contributed by atoms with Gasteiger partial charge in [-0.25, -0.2) is 4.79 Å². The molecule has 1 fully saturated rings. The largest absolute Gasteiger partial charge is 0.409 e. The third-order valence-corrected chi connectivity index (χ3v) is 3.42. The van der Waals surface area contributed by atoms with Gasteiger partial charge in [0.15, 0.2) is 5.84 Å². The molecule has 0 bridgehead atoms. The maximum atomic E-state index is 12.0. The van der Waals surface area contributed by atoms with Gasteiger partial charge in [-0.05, 0) is 30.9 Å². The maximum Gasteiger partial charge on any atom is 0.317 e. The van der Waals surface area contributed by atoms with Crippen LogP contribution in [-0.2, 0) is 6.54 Å². The Hall–Kier alpha value is -2.24. The third kappa shape index (κ3) is 3.63. The third-order valence-electron chi connectivity index (χ3n) is 3.42. The number of hydrogen-bond donors (Lipinski definition) is 3. The van der Waals surface area contributed by atoms with Crippen LogP contribution in [0.5, 0.6) is 0 Å². The summed E-state index contributed by atoms with van der Waals surface area (Å²) in [7, 11) is 0. The smallest absolute Gasteiger partial charge is 0.317 e. The Morgan fingerprint density at radius 2 is 2.10 bits per heavy atom. The van der Waals surface area contributed by atoms with Gasteiger partial charge in [-0.2, -0.15) is 0 Å². The fourth-order valence-electron chi connectivity index (χ4n) is 2.28. The molecule has 0 unspecified atom stereocenters. The van der Waals surface area contributed by atoms with Crippen LogP contribution in [0.25, 0.3) is 0 Å². The predicted molar refractivity (Wildman–Crippen MR) is 76.6 cm³/mol. The van der Waals surface area contributed by atoms with Crippen LogP contribution in [-0.4, -0.2) is 35.1 Å². The quantitative estimate of drug-likeness (QED) is 0.338. The molecule has 0 atom stereocenters. The molecule has 2 rings (SSSR count). The first-order chi connectivity index (χ1) is 9.70. The molecule has 2 amide bonds. The number of oxime groups is 1. The summed E-state index contributed by atoms with van der Waals surface area (Å²) < 4.78 is 0. The highest BCUT2D eigenvalue weighted by Crippen LogP contribution is 2.09. The molecule has 6 heteroatoms. The van der Waals surface area contributed by atoms with Crippen LogP contribution in [0.1, 0.15) is 30.4 Å². The minimum atomic E-state index is -0.0288. The highest BCUT2D eigenvalue weighted by Gasteiger charge is 2.15. The Morgan fingerprint density at radius 3 is 2.80 bits per heavy atom. The normalized spacial score (nSPS) is 16.0. The number of nitrogens with one attached hydrogen (secondary N) is 1. The van der Waals surface area contributed by atoms with E-state index in [0.717, 1.165) is 31.5 Å². The van der Waals surface area contributed by atoms with E-state index in [-0.39, 0.29) is 11.9 Å². The van der Waals surface area contributed by atoms with Gasteiger partial charge in [0.25, 0.3) is 0 Å². The number of benzene rings is 1. The number of piperidine rings is 1. The van der Waals surface area contributed by atoms with Gasteiger partial charge in [-0.3, -0.25) is 0 Å². The van der Waals surface area contributed by atoms with Crippen LogP contribution in [0.2, 0.25) is 0 Å². The van der Waals surface area contributed by atoms with Gasteiger partial charge in [0, 0.05) is 25.2 Å². The van der Waals surface area contributed by atoms with Crippen molar-refractivity contribution in [2.24, 2.45) is 10.9 Å². The molecule has 6 nitrogen and oxygen atoms in total. The summed E-state index contributed by atoms with van der Waals surface area (Å²) in [6, 6.07) is 7.23. The zero-order valence-electron chi connectivity index (χ0n) is 11.4. The van der Waals surface area contributed by atoms with Crippen LogP contribution >= 0.6 is 0 Å². The second kappa shape index (κ2) is 6.79. The Labute approximate surface area is 118 Å². The molecule has 4 N–H and O–H groups in total. The van der Waals surface area contributed by atoms with Crippen LogP contribution < -0.4 is 11.1 Å². The number of amidine groups is 1. The number of hydrogen-bond acceptors (Lipinski definition) is 3. The van der Waals surface area contributed by atoms with Gasteiger partial charge in [0.1, 0.15) is 0 Å². The van der Waals surface area contributed by atoms with Crippen molar-refractivity contribution in [2.75, 3.05) is 13.1 Å². The Morgan fingerprint density at radius 1 is 1.35 bits per heavy atom. The molecule has 0 aromatic heterocycles. The summed E-state index contributed by atoms with van der Waals surface area (Å²) in [5, 5.41) is 14.5. The molecule has 0 saturated carbocycles. The first kappa shape index (κ1) is 14.2. The molecule has 1 aromatic carbocycles. The highest BCUT2D eigenvalue weighted by molar-refractivity contribution is 5.97. The van der Waals surface area contributed by atoms with Crippen LogP contribution in [0.15, 0.2) is 29.4 Å². The number of carbonyl (C=O) groups excluding carboxylic acids is 1. The van der Waals surface area contributed by atoms with Gasteiger partial charge >= 0.3 is 6.03 Å². The number of amides is 2. The lowest BCUT2D eigenvalue weighted by Gasteiger charge is -2.26. The average Bonchev–Trinajstić information content (AvgIpc) is 2.53. The fourth-order valence-corrected chi connectivity index (χ4v) is 2.28. The predicted octanol–water partition coefficient (Wildman–Crippen LogP) is 1.48. The Balaban J connectivity index is 1.91. The molecular weight excluding hydrogens is 256 g/mol. The van der Waals surface area contributed by atoms with Crippen molar-refractivity contribution >= 4 is 11.9 Å². The molecule has 1 aromatic rings. The summed E-state index contributed by atoms with van der Waals surface area (Å²) in [5.74, 6) is 0.0641. The van der Waals surface area contributed by atoms with Gasteiger partial charge in [-0.15, -0.1) is 0 Å². The lowest BCUT2D eigenvalue weighted by atomic mass is 10.1. The van der Waals surface area contributed by atoms with Crippen molar-refractivity contribution in [1.29, 1.82) is 0 Å². The van der Waals surface area contributed by atoms with Crippen molar-refractivity contribution in [3.8, 4) is 0 Å².